The summed E-state index contributed by atoms with van der Waals surface area (Å²) >= 11 is 1.26. The zero-order valence-electron chi connectivity index (χ0n) is 6.23. The Hall–Kier alpha value is -0.430. The number of hydrogen-bond donors (Lipinski definition) is 2. The smallest absolute Gasteiger partial charge is 0.239 e. The van der Waals surface area contributed by atoms with Crippen LogP contribution in [0.3, 0.4) is 0 Å². The second-order valence-corrected chi connectivity index (χ2v) is 4.55. The highest BCUT2D eigenvalue weighted by molar-refractivity contribution is 7.89. The molecule has 4 nitrogen and oxygen atoms in total. The molecule has 1 aromatic rings. The van der Waals surface area contributed by atoms with Gasteiger partial charge in [0.05, 0.1) is 4.90 Å². The number of primary sulfonamides is 1. The lowest BCUT2D eigenvalue weighted by Crippen LogP contribution is -2.13. The number of hydrogen-bond acceptors (Lipinski definition) is 4. The van der Waals surface area contributed by atoms with Crippen molar-refractivity contribution >= 4 is 21.4 Å². The Morgan fingerprint density at radius 2 is 2.17 bits per heavy atom. The van der Waals surface area contributed by atoms with E-state index in [1.54, 1.807) is 5.38 Å². The predicted octanol–water partition coefficient (Wildman–Crippen LogP) is -0.0697. The molecule has 1 rings (SSSR count). The van der Waals surface area contributed by atoms with Gasteiger partial charge in [0, 0.05) is 12.0 Å². The topological polar surface area (TPSA) is 80.4 Å². The zero-order chi connectivity index (χ0) is 9.19. The maximum absolute atomic E-state index is 10.9. The maximum atomic E-state index is 10.9. The average molecular weight is 207 g/mol. The van der Waals surface area contributed by atoms with E-state index in [2.05, 4.69) is 0 Å². The average Bonchev–Trinajstić information content (AvgIpc) is 2.34. The van der Waals surface area contributed by atoms with Crippen LogP contribution in [-0.2, 0) is 16.4 Å². The molecule has 0 spiro atoms. The van der Waals surface area contributed by atoms with Crippen molar-refractivity contribution in [3.05, 3.63) is 16.3 Å². The highest BCUT2D eigenvalue weighted by Crippen LogP contribution is 2.19. The van der Waals surface area contributed by atoms with E-state index in [1.165, 1.54) is 16.7 Å². The molecule has 0 aromatic carbocycles. The monoisotopic (exact) mass is 207 g/mol. The van der Waals surface area contributed by atoms with Gasteiger partial charge >= 0.3 is 0 Å². The molecule has 1 aromatic heterocycles. The number of thiophene rings is 1. The van der Waals surface area contributed by atoms with Gasteiger partial charge in [0.2, 0.25) is 10.0 Å². The van der Waals surface area contributed by atoms with Crippen LogP contribution in [0.15, 0.2) is 15.7 Å². The van der Waals surface area contributed by atoms with Gasteiger partial charge in [-0.25, -0.2) is 13.6 Å². The molecule has 0 fully saturated rings. The highest BCUT2D eigenvalue weighted by Gasteiger charge is 2.13. The lowest BCUT2D eigenvalue weighted by molar-refractivity contribution is 0.299. The van der Waals surface area contributed by atoms with Gasteiger partial charge in [-0.05, 0) is 17.4 Å². The Balaban J connectivity index is 3.08. The van der Waals surface area contributed by atoms with E-state index >= 15 is 0 Å². The van der Waals surface area contributed by atoms with Crippen molar-refractivity contribution in [2.45, 2.75) is 11.3 Å². The fourth-order valence-corrected chi connectivity index (χ4v) is 2.92. The molecule has 0 saturated carbocycles. The van der Waals surface area contributed by atoms with Crippen LogP contribution in [-0.4, -0.2) is 20.1 Å². The standard InChI is InChI=1S/C6H9NO3S2/c7-12(9,10)6-4-11-3-5(6)1-2-8/h3-4,8H,1-2H2,(H2,7,9,10). The first kappa shape index (κ1) is 9.66. The minimum Gasteiger partial charge on any atom is -0.396 e. The van der Waals surface area contributed by atoms with Gasteiger partial charge in [0.1, 0.15) is 0 Å². The third kappa shape index (κ3) is 2.04. The number of rotatable bonds is 3. The third-order valence-electron chi connectivity index (χ3n) is 1.39. The van der Waals surface area contributed by atoms with Crippen LogP contribution >= 0.6 is 11.3 Å². The first-order chi connectivity index (χ1) is 5.55. The van der Waals surface area contributed by atoms with Crippen LogP contribution in [0.5, 0.6) is 0 Å². The molecular weight excluding hydrogens is 198 g/mol. The summed E-state index contributed by atoms with van der Waals surface area (Å²) in [6.45, 7) is -0.0702. The fraction of sp³-hybridized carbons (Fsp3) is 0.333. The Bertz CT molecular complexity index is 355. The molecule has 0 saturated heterocycles. The highest BCUT2D eigenvalue weighted by atomic mass is 32.2. The summed E-state index contributed by atoms with van der Waals surface area (Å²) in [4.78, 5) is 0.126. The van der Waals surface area contributed by atoms with Gasteiger partial charge < -0.3 is 5.11 Å². The van der Waals surface area contributed by atoms with Gasteiger partial charge in [0.25, 0.3) is 0 Å². The summed E-state index contributed by atoms with van der Waals surface area (Å²) in [5.41, 5.74) is 0.588. The van der Waals surface area contributed by atoms with Gasteiger partial charge in [0.15, 0.2) is 0 Å². The first-order valence-electron chi connectivity index (χ1n) is 3.24. The van der Waals surface area contributed by atoms with Crippen LogP contribution in [0.25, 0.3) is 0 Å². The minimum atomic E-state index is -3.61. The quantitative estimate of drug-likeness (QED) is 0.728. The van der Waals surface area contributed by atoms with Crippen LogP contribution in [0.4, 0.5) is 0 Å². The van der Waals surface area contributed by atoms with Crippen molar-refractivity contribution in [3.63, 3.8) is 0 Å². The Morgan fingerprint density at radius 1 is 1.50 bits per heavy atom. The van der Waals surface area contributed by atoms with E-state index in [-0.39, 0.29) is 11.5 Å². The van der Waals surface area contributed by atoms with Crippen LogP contribution in [0, 0.1) is 0 Å². The molecule has 3 N–H and O–H groups in total. The molecule has 0 unspecified atom stereocenters. The molecule has 0 amide bonds. The Kier molecular flexibility index (Phi) is 2.84. The van der Waals surface area contributed by atoms with E-state index in [0.717, 1.165) is 0 Å². The molecular formula is C6H9NO3S2. The van der Waals surface area contributed by atoms with Crippen LogP contribution < -0.4 is 5.14 Å². The SMILES string of the molecule is NS(=O)(=O)c1cscc1CCO. The van der Waals surface area contributed by atoms with Crippen molar-refractivity contribution < 1.29 is 13.5 Å². The molecule has 0 aliphatic carbocycles. The Labute approximate surface area is 74.7 Å². The van der Waals surface area contributed by atoms with Crippen molar-refractivity contribution in [3.8, 4) is 0 Å². The molecule has 68 valence electrons. The summed E-state index contributed by atoms with van der Waals surface area (Å²) in [6, 6.07) is 0. The molecule has 0 radical (unpaired) electrons. The van der Waals surface area contributed by atoms with E-state index in [9.17, 15) is 8.42 Å². The lowest BCUT2D eigenvalue weighted by Gasteiger charge is -1.97. The molecule has 0 aliphatic heterocycles. The fourth-order valence-electron chi connectivity index (χ4n) is 0.864. The summed E-state index contributed by atoms with van der Waals surface area (Å²) in [5, 5.41) is 16.7. The van der Waals surface area contributed by atoms with Gasteiger partial charge in [-0.15, -0.1) is 0 Å². The van der Waals surface area contributed by atoms with Gasteiger partial charge in [-0.2, -0.15) is 11.3 Å². The molecule has 6 heteroatoms. The van der Waals surface area contributed by atoms with E-state index in [0.29, 0.717) is 12.0 Å². The largest absolute Gasteiger partial charge is 0.396 e. The Morgan fingerprint density at radius 3 is 2.67 bits per heavy atom. The summed E-state index contributed by atoms with van der Waals surface area (Å²) in [6.07, 6.45) is 0.329. The molecule has 12 heavy (non-hydrogen) atoms. The van der Waals surface area contributed by atoms with Crippen LogP contribution in [0.1, 0.15) is 5.56 Å². The van der Waals surface area contributed by atoms with E-state index in [1.807, 2.05) is 0 Å². The van der Waals surface area contributed by atoms with E-state index < -0.39 is 10.0 Å². The van der Waals surface area contributed by atoms with Crippen LogP contribution in [0.2, 0.25) is 0 Å². The first-order valence-corrected chi connectivity index (χ1v) is 5.73. The van der Waals surface area contributed by atoms with Crippen molar-refractivity contribution in [1.29, 1.82) is 0 Å². The number of aliphatic hydroxyl groups is 1. The predicted molar refractivity (Wildman–Crippen MR) is 46.5 cm³/mol. The van der Waals surface area contributed by atoms with Gasteiger partial charge in [-0.3, -0.25) is 0 Å². The maximum Gasteiger partial charge on any atom is 0.239 e. The normalized spacial score (nSPS) is 11.8. The number of nitrogens with two attached hydrogens (primary N) is 1. The molecule has 0 aliphatic rings. The lowest BCUT2D eigenvalue weighted by atomic mass is 10.3. The summed E-state index contributed by atoms with van der Waals surface area (Å²) in [5.74, 6) is 0. The van der Waals surface area contributed by atoms with Crippen molar-refractivity contribution in [2.75, 3.05) is 6.61 Å². The minimum absolute atomic E-state index is 0.0702. The number of sulfonamides is 1. The summed E-state index contributed by atoms with van der Waals surface area (Å²) in [7, 11) is -3.61. The number of aliphatic hydroxyl groups excluding tert-OH is 1. The van der Waals surface area contributed by atoms with Crippen molar-refractivity contribution in [1.82, 2.24) is 0 Å². The van der Waals surface area contributed by atoms with Gasteiger partial charge in [-0.1, -0.05) is 0 Å². The van der Waals surface area contributed by atoms with Crippen molar-refractivity contribution in [2.24, 2.45) is 5.14 Å². The summed E-state index contributed by atoms with van der Waals surface area (Å²) < 4.78 is 21.8. The molecule has 1 heterocycles. The second kappa shape index (κ2) is 3.53. The molecule has 0 atom stereocenters. The zero-order valence-corrected chi connectivity index (χ0v) is 7.86. The molecule has 0 bridgehead atoms. The second-order valence-electron chi connectivity index (χ2n) is 2.28. The third-order valence-corrected chi connectivity index (χ3v) is 3.32. The van der Waals surface area contributed by atoms with E-state index in [4.69, 9.17) is 10.2 Å².